The Kier molecular flexibility index (Phi) is 2.56. The Balaban J connectivity index is 2.79. The van der Waals surface area contributed by atoms with Crippen LogP contribution in [0.1, 0.15) is 5.69 Å². The second kappa shape index (κ2) is 3.45. The van der Waals surface area contributed by atoms with Crippen LogP contribution in [-0.2, 0) is 11.3 Å². The predicted molar refractivity (Wildman–Crippen MR) is 41.5 cm³/mol. The summed E-state index contributed by atoms with van der Waals surface area (Å²) in [4.78, 5) is 3.91. The van der Waals surface area contributed by atoms with Crippen LogP contribution < -0.4 is 4.72 Å². The van der Waals surface area contributed by atoms with Gasteiger partial charge in [-0.25, -0.2) is 0 Å². The van der Waals surface area contributed by atoms with E-state index >= 15 is 0 Å². The molecule has 5 heteroatoms. The van der Waals surface area contributed by atoms with Gasteiger partial charge in [-0.05, 0) is 19.1 Å². The van der Waals surface area contributed by atoms with Crippen LogP contribution in [0.15, 0.2) is 18.3 Å². The molecule has 0 saturated carbocycles. The molecule has 1 unspecified atom stereocenters. The van der Waals surface area contributed by atoms with E-state index in [2.05, 4.69) is 9.71 Å². The minimum Gasteiger partial charge on any atom is -0.755 e. The molecule has 0 saturated heterocycles. The quantitative estimate of drug-likeness (QED) is 0.662. The molecule has 60 valence electrons. The average Bonchev–Trinajstić information content (AvgIpc) is 1.85. The molecule has 0 aliphatic rings. The zero-order valence-corrected chi connectivity index (χ0v) is 6.72. The Morgan fingerprint density at radius 3 is 3.00 bits per heavy atom. The van der Waals surface area contributed by atoms with E-state index in [1.54, 1.807) is 25.3 Å². The highest BCUT2D eigenvalue weighted by molar-refractivity contribution is 7.80. The van der Waals surface area contributed by atoms with Crippen molar-refractivity contribution in [3.63, 3.8) is 0 Å². The van der Waals surface area contributed by atoms with Gasteiger partial charge in [-0.1, -0.05) is 0 Å². The predicted octanol–water partition coefficient (Wildman–Crippen LogP) is 0.596. The summed E-state index contributed by atoms with van der Waals surface area (Å²) in [5.74, 6) is 0. The summed E-state index contributed by atoms with van der Waals surface area (Å²) in [5.41, 5.74) is 1.31. The van der Waals surface area contributed by atoms with Crippen molar-refractivity contribution < 1.29 is 8.76 Å². The molecular weight excluding hydrogens is 164 g/mol. The Labute approximate surface area is 67.1 Å². The molecule has 0 fully saturated rings. The molecule has 0 bridgehead atoms. The lowest BCUT2D eigenvalue weighted by Gasteiger charge is -2.07. The highest BCUT2D eigenvalue weighted by Crippen LogP contribution is 2.06. The zero-order valence-electron chi connectivity index (χ0n) is 5.90. The molecule has 0 aromatic carbocycles. The molecule has 1 heterocycles. The van der Waals surface area contributed by atoms with Crippen LogP contribution in [0.25, 0.3) is 0 Å². The van der Waals surface area contributed by atoms with Crippen LogP contribution in [-0.4, -0.2) is 13.7 Å². The first-order valence-electron chi connectivity index (χ1n) is 2.97. The number of nitrogens with zero attached hydrogens (tertiary/aromatic N) is 1. The van der Waals surface area contributed by atoms with Crippen molar-refractivity contribution in [3.05, 3.63) is 24.0 Å². The molecule has 0 aliphatic heterocycles. The number of hydrogen-bond acceptors (Lipinski definition) is 3. The van der Waals surface area contributed by atoms with E-state index in [9.17, 15) is 8.76 Å². The fourth-order valence-corrected chi connectivity index (χ4v) is 1.02. The molecule has 11 heavy (non-hydrogen) atoms. The Morgan fingerprint density at radius 1 is 1.73 bits per heavy atom. The van der Waals surface area contributed by atoms with E-state index in [0.717, 1.165) is 5.69 Å². The zero-order chi connectivity index (χ0) is 8.27. The van der Waals surface area contributed by atoms with Crippen LogP contribution in [0.5, 0.6) is 0 Å². The van der Waals surface area contributed by atoms with Gasteiger partial charge in [-0.3, -0.25) is 9.19 Å². The largest absolute Gasteiger partial charge is 0.755 e. The maximum absolute atomic E-state index is 10.1. The average molecular weight is 171 g/mol. The van der Waals surface area contributed by atoms with Crippen molar-refractivity contribution in [3.8, 4) is 0 Å². The lowest BCUT2D eigenvalue weighted by molar-refractivity contribution is 0.542. The summed E-state index contributed by atoms with van der Waals surface area (Å²) in [6.07, 6.45) is 1.55. The van der Waals surface area contributed by atoms with Gasteiger partial charge in [0, 0.05) is 28.8 Å². The van der Waals surface area contributed by atoms with Gasteiger partial charge in [-0.15, -0.1) is 0 Å². The van der Waals surface area contributed by atoms with Gasteiger partial charge in [0.25, 0.3) is 0 Å². The van der Waals surface area contributed by atoms with E-state index in [1.165, 1.54) is 0 Å². The van der Waals surface area contributed by atoms with E-state index < -0.39 is 11.3 Å². The topological polar surface area (TPSA) is 65.0 Å². The van der Waals surface area contributed by atoms with Crippen molar-refractivity contribution in [2.45, 2.75) is 6.92 Å². The summed E-state index contributed by atoms with van der Waals surface area (Å²) in [7, 11) is 0. The number of rotatable bonds is 2. The number of nitrogens with one attached hydrogen (secondary N) is 1. The molecule has 0 spiro atoms. The Hall–Kier alpha value is -0.940. The highest BCUT2D eigenvalue weighted by atomic mass is 32.2. The van der Waals surface area contributed by atoms with Gasteiger partial charge in [0.2, 0.25) is 0 Å². The van der Waals surface area contributed by atoms with Crippen molar-refractivity contribution in [1.82, 2.24) is 4.98 Å². The van der Waals surface area contributed by atoms with Crippen LogP contribution in [0.4, 0.5) is 5.69 Å². The van der Waals surface area contributed by atoms with E-state index in [0.29, 0.717) is 5.69 Å². The smallest absolute Gasteiger partial charge is 0.0485 e. The van der Waals surface area contributed by atoms with E-state index in [-0.39, 0.29) is 0 Å². The third kappa shape index (κ3) is 2.65. The van der Waals surface area contributed by atoms with Crippen LogP contribution in [0, 0.1) is 6.92 Å². The van der Waals surface area contributed by atoms with Gasteiger partial charge in [0.15, 0.2) is 0 Å². The summed E-state index contributed by atoms with van der Waals surface area (Å²) in [6, 6.07) is 3.23. The molecular formula is C6H7N2O2S-. The Morgan fingerprint density at radius 2 is 2.45 bits per heavy atom. The normalized spacial score (nSPS) is 12.5. The van der Waals surface area contributed by atoms with E-state index in [1.807, 2.05) is 0 Å². The van der Waals surface area contributed by atoms with Crippen LogP contribution in [0.3, 0.4) is 0 Å². The second-order valence-corrected chi connectivity index (χ2v) is 2.70. The first-order chi connectivity index (χ1) is 5.18. The van der Waals surface area contributed by atoms with E-state index in [4.69, 9.17) is 0 Å². The minimum absolute atomic E-state index is 0.533. The van der Waals surface area contributed by atoms with Gasteiger partial charge >= 0.3 is 0 Å². The molecule has 4 nitrogen and oxygen atoms in total. The molecule has 1 aromatic rings. The van der Waals surface area contributed by atoms with Crippen molar-refractivity contribution in [2.75, 3.05) is 4.72 Å². The molecule has 0 amide bonds. The fraction of sp³-hybridized carbons (Fsp3) is 0.167. The maximum Gasteiger partial charge on any atom is 0.0485 e. The monoisotopic (exact) mass is 171 g/mol. The van der Waals surface area contributed by atoms with Crippen molar-refractivity contribution >= 4 is 17.0 Å². The SMILES string of the molecule is Cc1cc(NS(=O)[O-])ccn1. The van der Waals surface area contributed by atoms with Gasteiger partial charge in [0.05, 0.1) is 0 Å². The molecule has 1 N–H and O–H groups in total. The number of anilines is 1. The summed E-state index contributed by atoms with van der Waals surface area (Å²) >= 11 is -2.25. The fourth-order valence-electron chi connectivity index (χ4n) is 0.705. The van der Waals surface area contributed by atoms with Crippen LogP contribution >= 0.6 is 0 Å². The second-order valence-electron chi connectivity index (χ2n) is 2.02. The number of aryl methyl sites for hydroxylation is 1. The summed E-state index contributed by atoms with van der Waals surface area (Å²) < 4.78 is 22.5. The first-order valence-corrected chi connectivity index (χ1v) is 4.04. The first kappa shape index (κ1) is 8.16. The number of pyridine rings is 1. The van der Waals surface area contributed by atoms with Gasteiger partial charge in [0.1, 0.15) is 0 Å². The number of hydrogen-bond donors (Lipinski definition) is 1. The maximum atomic E-state index is 10.1. The van der Waals surface area contributed by atoms with Crippen molar-refractivity contribution in [2.24, 2.45) is 0 Å². The molecule has 1 atom stereocenters. The third-order valence-corrected chi connectivity index (χ3v) is 1.50. The lowest BCUT2D eigenvalue weighted by Crippen LogP contribution is -2.02. The lowest BCUT2D eigenvalue weighted by atomic mass is 10.3. The number of aromatic nitrogens is 1. The third-order valence-electron chi connectivity index (χ3n) is 1.10. The Bertz CT molecular complexity index is 277. The van der Waals surface area contributed by atoms with Crippen LogP contribution in [0.2, 0.25) is 0 Å². The summed E-state index contributed by atoms with van der Waals surface area (Å²) in [6.45, 7) is 1.79. The minimum atomic E-state index is -2.25. The molecule has 0 aliphatic carbocycles. The highest BCUT2D eigenvalue weighted by Gasteiger charge is 1.90. The standard InChI is InChI=1S/C6H8N2O2S/c1-5-4-6(2-3-7-5)8-11(9)10/h2-4H,1H3,(H,7,8)(H,9,10)/p-1. The molecule has 1 rings (SSSR count). The van der Waals surface area contributed by atoms with Crippen molar-refractivity contribution in [1.29, 1.82) is 0 Å². The van der Waals surface area contributed by atoms with Gasteiger partial charge in [-0.2, -0.15) is 0 Å². The molecule has 1 aromatic heterocycles. The molecule has 0 radical (unpaired) electrons. The summed E-state index contributed by atoms with van der Waals surface area (Å²) in [5, 5.41) is 0. The van der Waals surface area contributed by atoms with Gasteiger partial charge < -0.3 is 9.27 Å².